The molecule has 2 aliphatic rings. The molecule has 1 aromatic rings. The predicted octanol–water partition coefficient (Wildman–Crippen LogP) is 1.30. The third-order valence-electron chi connectivity index (χ3n) is 3.63. The van der Waals surface area contributed by atoms with E-state index < -0.39 is 11.9 Å². The van der Waals surface area contributed by atoms with Gasteiger partial charge in [0, 0.05) is 30.1 Å². The van der Waals surface area contributed by atoms with Crippen LogP contribution < -0.4 is 5.32 Å². The van der Waals surface area contributed by atoms with Gasteiger partial charge >= 0.3 is 5.97 Å². The molecule has 127 valence electrons. The van der Waals surface area contributed by atoms with Gasteiger partial charge in [-0.3, -0.25) is 4.99 Å². The van der Waals surface area contributed by atoms with Crippen LogP contribution in [0.15, 0.2) is 27.8 Å². The minimum Gasteiger partial charge on any atom is -0.463 e. The quantitative estimate of drug-likeness (QED) is 0.639. The van der Waals surface area contributed by atoms with Crippen molar-refractivity contribution in [2.75, 3.05) is 26.2 Å². The molecule has 0 saturated carbocycles. The number of ether oxygens (including phenoxy) is 1. The van der Waals surface area contributed by atoms with E-state index in [9.17, 15) is 13.6 Å². The normalized spacial score (nSPS) is 20.4. The molecule has 1 radical (unpaired) electrons. The number of esters is 1. The van der Waals surface area contributed by atoms with Gasteiger partial charge in [-0.15, -0.1) is 11.3 Å². The number of carbonyl (C=O) groups excluding carboxylic acids is 1. The molecule has 0 unspecified atom stereocenters. The van der Waals surface area contributed by atoms with Crippen molar-refractivity contribution in [1.82, 2.24) is 15.1 Å². The second-order valence-electron chi connectivity index (χ2n) is 5.45. The van der Waals surface area contributed by atoms with E-state index in [1.807, 2.05) is 5.38 Å². The highest BCUT2D eigenvalue weighted by atomic mass is 32.1. The Morgan fingerprint density at radius 1 is 1.58 bits per heavy atom. The summed E-state index contributed by atoms with van der Waals surface area (Å²) in [6.07, 6.45) is 1.37. The maximum Gasteiger partial charge on any atom is 0.337 e. The summed E-state index contributed by atoms with van der Waals surface area (Å²) < 4.78 is 31.8. The highest BCUT2D eigenvalue weighted by Crippen LogP contribution is 2.27. The lowest BCUT2D eigenvalue weighted by molar-refractivity contribution is -0.138. The standard InChI is InChI=1S/C14H16BF2N4O2S/c1-2-23-13(22)9-5-19-11(12-18-3-4-24-12)20-10(9)6-21-8-14(16,17)7-15-21/h3-4H,2,5-8H2,1H3,(H,19,20). The minimum atomic E-state index is -2.73. The predicted molar refractivity (Wildman–Crippen MR) is 87.4 cm³/mol. The Hall–Kier alpha value is -1.81. The fourth-order valence-corrected chi connectivity index (χ4v) is 3.13. The third-order valence-corrected chi connectivity index (χ3v) is 4.41. The molecular formula is C14H16BF2N4O2S. The summed E-state index contributed by atoms with van der Waals surface area (Å²) in [5.74, 6) is -2.67. The molecule has 3 heterocycles. The van der Waals surface area contributed by atoms with Crippen LogP contribution in [-0.2, 0) is 9.53 Å². The largest absolute Gasteiger partial charge is 0.463 e. The Bertz CT molecular complexity index is 678. The van der Waals surface area contributed by atoms with Crippen LogP contribution in [0, 0.1) is 0 Å². The van der Waals surface area contributed by atoms with Crippen LogP contribution in [0.5, 0.6) is 0 Å². The second-order valence-corrected chi connectivity index (χ2v) is 6.35. The topological polar surface area (TPSA) is 66.8 Å². The highest BCUT2D eigenvalue weighted by Gasteiger charge is 2.39. The van der Waals surface area contributed by atoms with Gasteiger partial charge in [0.15, 0.2) is 10.8 Å². The van der Waals surface area contributed by atoms with E-state index in [1.54, 1.807) is 13.1 Å². The first-order valence-corrected chi connectivity index (χ1v) is 8.42. The molecule has 2 aliphatic heterocycles. The van der Waals surface area contributed by atoms with E-state index in [-0.39, 0.29) is 32.6 Å². The molecule has 1 saturated heterocycles. The number of amidine groups is 1. The Morgan fingerprint density at radius 3 is 3.04 bits per heavy atom. The molecule has 0 aromatic carbocycles. The van der Waals surface area contributed by atoms with E-state index in [0.29, 0.717) is 22.1 Å². The van der Waals surface area contributed by atoms with E-state index in [0.717, 1.165) is 0 Å². The van der Waals surface area contributed by atoms with Crippen molar-refractivity contribution in [2.24, 2.45) is 4.99 Å². The van der Waals surface area contributed by atoms with Crippen molar-refractivity contribution >= 4 is 30.6 Å². The van der Waals surface area contributed by atoms with Crippen molar-refractivity contribution in [3.63, 3.8) is 0 Å². The number of hydrogen-bond donors (Lipinski definition) is 1. The number of aromatic nitrogens is 1. The number of thiazole rings is 1. The lowest BCUT2D eigenvalue weighted by Crippen LogP contribution is -2.39. The van der Waals surface area contributed by atoms with Gasteiger partial charge in [0.2, 0.25) is 7.41 Å². The summed E-state index contributed by atoms with van der Waals surface area (Å²) >= 11 is 1.41. The summed E-state index contributed by atoms with van der Waals surface area (Å²) in [5.41, 5.74) is 0.892. The van der Waals surface area contributed by atoms with Crippen LogP contribution in [0.1, 0.15) is 11.9 Å². The number of carbonyl (C=O) groups is 1. The zero-order chi connectivity index (χ0) is 17.2. The summed E-state index contributed by atoms with van der Waals surface area (Å²) in [7, 11) is 1.46. The number of hydrogen-bond acceptors (Lipinski definition) is 7. The van der Waals surface area contributed by atoms with Crippen LogP contribution >= 0.6 is 11.3 Å². The SMILES string of the molecule is CCOC(=O)C1=C(CN2[B]CC(F)(F)C2)NC(c2nccs2)=NC1. The first-order chi connectivity index (χ1) is 11.5. The molecule has 1 aromatic heterocycles. The van der Waals surface area contributed by atoms with Gasteiger partial charge < -0.3 is 14.9 Å². The zero-order valence-corrected chi connectivity index (χ0v) is 13.9. The van der Waals surface area contributed by atoms with Crippen LogP contribution in [0.3, 0.4) is 0 Å². The van der Waals surface area contributed by atoms with Crippen LogP contribution in [0.25, 0.3) is 0 Å². The number of aliphatic imine (C=N–C) groups is 1. The number of halogens is 2. The minimum absolute atomic E-state index is 0.139. The third kappa shape index (κ3) is 3.81. The van der Waals surface area contributed by atoms with Crippen molar-refractivity contribution in [1.29, 1.82) is 0 Å². The molecule has 0 amide bonds. The Kier molecular flexibility index (Phi) is 4.95. The molecule has 6 nitrogen and oxygen atoms in total. The van der Waals surface area contributed by atoms with E-state index in [1.165, 1.54) is 23.6 Å². The van der Waals surface area contributed by atoms with Gasteiger partial charge in [-0.2, -0.15) is 0 Å². The second kappa shape index (κ2) is 6.98. The lowest BCUT2D eigenvalue weighted by atomic mass is 9.89. The van der Waals surface area contributed by atoms with Gasteiger partial charge in [-0.05, 0) is 6.92 Å². The summed E-state index contributed by atoms with van der Waals surface area (Å²) in [5, 5.41) is 5.57. The molecule has 10 heteroatoms. The Balaban J connectivity index is 1.79. The summed E-state index contributed by atoms with van der Waals surface area (Å²) in [6, 6.07) is 0. The zero-order valence-electron chi connectivity index (χ0n) is 13.1. The number of nitrogens with one attached hydrogen (secondary N) is 1. The van der Waals surface area contributed by atoms with Gasteiger partial charge in [0.1, 0.15) is 0 Å². The Labute approximate surface area is 142 Å². The van der Waals surface area contributed by atoms with Crippen LogP contribution in [0.2, 0.25) is 6.32 Å². The summed E-state index contributed by atoms with van der Waals surface area (Å²) in [6.45, 7) is 1.91. The fraction of sp³-hybridized carbons (Fsp3) is 0.500. The van der Waals surface area contributed by atoms with Gasteiger partial charge in [-0.25, -0.2) is 18.6 Å². The molecule has 3 rings (SSSR count). The molecule has 0 spiro atoms. The summed E-state index contributed by atoms with van der Waals surface area (Å²) in [4.78, 5) is 22.1. The molecule has 0 bridgehead atoms. The molecule has 1 fully saturated rings. The van der Waals surface area contributed by atoms with Crippen molar-refractivity contribution in [3.05, 3.63) is 27.9 Å². The highest BCUT2D eigenvalue weighted by molar-refractivity contribution is 7.11. The van der Waals surface area contributed by atoms with E-state index in [4.69, 9.17) is 4.74 Å². The van der Waals surface area contributed by atoms with Gasteiger partial charge in [-0.1, -0.05) is 0 Å². The van der Waals surface area contributed by atoms with Crippen LogP contribution in [-0.4, -0.2) is 61.2 Å². The average molecular weight is 353 g/mol. The lowest BCUT2D eigenvalue weighted by Gasteiger charge is -2.24. The average Bonchev–Trinajstić information content (AvgIpc) is 3.17. The first-order valence-electron chi connectivity index (χ1n) is 7.54. The van der Waals surface area contributed by atoms with Crippen LogP contribution in [0.4, 0.5) is 8.78 Å². The number of nitrogens with zero attached hydrogens (tertiary/aromatic N) is 3. The smallest absolute Gasteiger partial charge is 0.337 e. The number of alkyl halides is 2. The molecule has 1 N–H and O–H groups in total. The van der Waals surface area contributed by atoms with E-state index in [2.05, 4.69) is 15.3 Å². The van der Waals surface area contributed by atoms with Crippen molar-refractivity contribution in [2.45, 2.75) is 19.2 Å². The maximum absolute atomic E-state index is 13.4. The van der Waals surface area contributed by atoms with Crippen molar-refractivity contribution < 1.29 is 18.3 Å². The van der Waals surface area contributed by atoms with Gasteiger partial charge in [0.25, 0.3) is 5.92 Å². The number of rotatable bonds is 5. The van der Waals surface area contributed by atoms with E-state index >= 15 is 0 Å². The first kappa shape index (κ1) is 17.0. The molecule has 24 heavy (non-hydrogen) atoms. The fourth-order valence-electron chi connectivity index (χ4n) is 2.53. The monoisotopic (exact) mass is 353 g/mol. The maximum atomic E-state index is 13.4. The molecular weight excluding hydrogens is 337 g/mol. The molecule has 0 aliphatic carbocycles. The Morgan fingerprint density at radius 2 is 2.42 bits per heavy atom. The van der Waals surface area contributed by atoms with Crippen molar-refractivity contribution in [3.8, 4) is 0 Å². The molecule has 0 atom stereocenters. The van der Waals surface area contributed by atoms with Gasteiger partial charge in [0.05, 0.1) is 25.3 Å².